The molecule has 0 unspecified atom stereocenters. The SMILES string of the molecule is Cc1nc2cc(NC(=O)c3cc(C)n(C)n3)ccc2s1. The number of hydrogen-bond acceptors (Lipinski definition) is 4. The molecule has 5 nitrogen and oxygen atoms in total. The molecule has 0 atom stereocenters. The lowest BCUT2D eigenvalue weighted by molar-refractivity contribution is 0.102. The first-order valence-corrected chi connectivity index (χ1v) is 7.04. The normalized spacial score (nSPS) is 10.9. The van der Waals surface area contributed by atoms with Gasteiger partial charge in [-0.25, -0.2) is 4.98 Å². The number of hydrogen-bond donors (Lipinski definition) is 1. The molecule has 2 aromatic heterocycles. The van der Waals surface area contributed by atoms with E-state index in [4.69, 9.17) is 0 Å². The minimum Gasteiger partial charge on any atom is -0.321 e. The predicted molar refractivity (Wildman–Crippen MR) is 80.3 cm³/mol. The second-order valence-corrected chi connectivity index (χ2v) is 5.90. The molecule has 0 aliphatic heterocycles. The van der Waals surface area contributed by atoms with E-state index in [-0.39, 0.29) is 5.91 Å². The number of nitrogens with zero attached hydrogens (tertiary/aromatic N) is 3. The van der Waals surface area contributed by atoms with Crippen LogP contribution in [0.25, 0.3) is 10.2 Å². The molecule has 0 fully saturated rings. The van der Waals surface area contributed by atoms with Crippen molar-refractivity contribution in [3.63, 3.8) is 0 Å². The highest BCUT2D eigenvalue weighted by atomic mass is 32.1. The quantitative estimate of drug-likeness (QED) is 0.788. The van der Waals surface area contributed by atoms with E-state index >= 15 is 0 Å². The molecule has 0 bridgehead atoms. The van der Waals surface area contributed by atoms with Gasteiger partial charge in [0, 0.05) is 18.4 Å². The zero-order valence-corrected chi connectivity index (χ0v) is 12.3. The molecule has 0 aliphatic carbocycles. The summed E-state index contributed by atoms with van der Waals surface area (Å²) in [7, 11) is 1.82. The molecule has 3 rings (SSSR count). The smallest absolute Gasteiger partial charge is 0.276 e. The highest BCUT2D eigenvalue weighted by Crippen LogP contribution is 2.24. The minimum atomic E-state index is -0.208. The van der Waals surface area contributed by atoms with Crippen molar-refractivity contribution in [1.29, 1.82) is 0 Å². The van der Waals surface area contributed by atoms with Gasteiger partial charge in [-0.2, -0.15) is 5.10 Å². The summed E-state index contributed by atoms with van der Waals surface area (Å²) in [6.07, 6.45) is 0. The fourth-order valence-corrected chi connectivity index (χ4v) is 2.79. The topological polar surface area (TPSA) is 59.8 Å². The van der Waals surface area contributed by atoms with E-state index in [1.165, 1.54) is 0 Å². The van der Waals surface area contributed by atoms with Crippen LogP contribution in [0.4, 0.5) is 5.69 Å². The highest BCUT2D eigenvalue weighted by molar-refractivity contribution is 7.18. The van der Waals surface area contributed by atoms with Crippen molar-refractivity contribution in [2.45, 2.75) is 13.8 Å². The highest BCUT2D eigenvalue weighted by Gasteiger charge is 2.11. The molecule has 1 amide bonds. The van der Waals surface area contributed by atoms with Gasteiger partial charge < -0.3 is 5.32 Å². The number of aromatic nitrogens is 3. The summed E-state index contributed by atoms with van der Waals surface area (Å²) in [6.45, 7) is 3.88. The Balaban J connectivity index is 1.86. The number of rotatable bonds is 2. The van der Waals surface area contributed by atoms with E-state index in [1.54, 1.807) is 22.1 Å². The standard InChI is InChI=1S/C14H14N4OS/c1-8-6-12(17-18(8)3)14(19)16-10-4-5-13-11(7-10)15-9(2)20-13/h4-7H,1-3H3,(H,16,19). The average Bonchev–Trinajstić information content (AvgIpc) is 2.91. The van der Waals surface area contributed by atoms with Gasteiger partial charge in [0.1, 0.15) is 0 Å². The van der Waals surface area contributed by atoms with Gasteiger partial charge in [0.2, 0.25) is 0 Å². The molecule has 0 aliphatic rings. The summed E-state index contributed by atoms with van der Waals surface area (Å²) >= 11 is 1.64. The first-order valence-electron chi connectivity index (χ1n) is 6.22. The van der Waals surface area contributed by atoms with Gasteiger partial charge >= 0.3 is 0 Å². The minimum absolute atomic E-state index is 0.208. The lowest BCUT2D eigenvalue weighted by atomic mass is 10.3. The van der Waals surface area contributed by atoms with Gasteiger partial charge in [-0.3, -0.25) is 9.48 Å². The van der Waals surface area contributed by atoms with Crippen molar-refractivity contribution in [1.82, 2.24) is 14.8 Å². The first-order chi connectivity index (χ1) is 9.52. The maximum Gasteiger partial charge on any atom is 0.276 e. The Kier molecular flexibility index (Phi) is 3.02. The van der Waals surface area contributed by atoms with Crippen LogP contribution < -0.4 is 5.32 Å². The Morgan fingerprint density at radius 2 is 2.10 bits per heavy atom. The molecular weight excluding hydrogens is 272 g/mol. The van der Waals surface area contributed by atoms with E-state index in [9.17, 15) is 4.79 Å². The molecule has 0 saturated heterocycles. The molecule has 20 heavy (non-hydrogen) atoms. The van der Waals surface area contributed by atoms with Gasteiger partial charge in [0.05, 0.1) is 15.2 Å². The molecule has 0 spiro atoms. The molecule has 0 saturated carbocycles. The van der Waals surface area contributed by atoms with Gasteiger partial charge in [-0.1, -0.05) is 0 Å². The summed E-state index contributed by atoms with van der Waals surface area (Å²) in [5.41, 5.74) is 3.00. The third-order valence-corrected chi connectivity index (χ3v) is 4.05. The van der Waals surface area contributed by atoms with Gasteiger partial charge in [0.15, 0.2) is 5.69 Å². The van der Waals surface area contributed by atoms with Crippen molar-refractivity contribution >= 4 is 33.1 Å². The van der Waals surface area contributed by atoms with Crippen molar-refractivity contribution in [3.8, 4) is 0 Å². The number of aryl methyl sites for hydroxylation is 3. The van der Waals surface area contributed by atoms with Crippen molar-refractivity contribution in [2.24, 2.45) is 7.05 Å². The Labute approximate surface area is 120 Å². The van der Waals surface area contributed by atoms with Crippen LogP contribution in [0.3, 0.4) is 0 Å². The van der Waals surface area contributed by atoms with E-state index < -0.39 is 0 Å². The van der Waals surface area contributed by atoms with Crippen molar-refractivity contribution < 1.29 is 4.79 Å². The third-order valence-electron chi connectivity index (χ3n) is 3.10. The van der Waals surface area contributed by atoms with Crippen LogP contribution in [0.15, 0.2) is 24.3 Å². The molecule has 6 heteroatoms. The molecule has 2 heterocycles. The number of anilines is 1. The fourth-order valence-electron chi connectivity index (χ4n) is 1.99. The second kappa shape index (κ2) is 4.72. The maximum absolute atomic E-state index is 12.1. The molecule has 1 aromatic carbocycles. The average molecular weight is 286 g/mol. The van der Waals surface area contributed by atoms with E-state index in [0.717, 1.165) is 26.6 Å². The number of fused-ring (bicyclic) bond motifs is 1. The van der Waals surface area contributed by atoms with E-state index in [1.807, 2.05) is 39.1 Å². The Bertz CT molecular complexity index is 783. The Morgan fingerprint density at radius 1 is 1.30 bits per heavy atom. The van der Waals surface area contributed by atoms with E-state index in [0.29, 0.717) is 5.69 Å². The lowest BCUT2D eigenvalue weighted by Crippen LogP contribution is -2.12. The van der Waals surface area contributed by atoms with Crippen molar-refractivity contribution in [3.05, 3.63) is 40.7 Å². The Morgan fingerprint density at radius 3 is 2.80 bits per heavy atom. The number of carbonyl (C=O) groups is 1. The zero-order valence-electron chi connectivity index (χ0n) is 11.5. The van der Waals surface area contributed by atoms with Gasteiger partial charge in [-0.15, -0.1) is 11.3 Å². The zero-order chi connectivity index (χ0) is 14.3. The van der Waals surface area contributed by atoms with Gasteiger partial charge in [-0.05, 0) is 38.1 Å². The summed E-state index contributed by atoms with van der Waals surface area (Å²) in [6, 6.07) is 7.50. The van der Waals surface area contributed by atoms with E-state index in [2.05, 4.69) is 15.4 Å². The number of nitrogens with one attached hydrogen (secondary N) is 1. The maximum atomic E-state index is 12.1. The van der Waals surface area contributed by atoms with Crippen LogP contribution in [0.1, 0.15) is 21.2 Å². The van der Waals surface area contributed by atoms with Crippen LogP contribution >= 0.6 is 11.3 Å². The lowest BCUT2D eigenvalue weighted by Gasteiger charge is -2.02. The van der Waals surface area contributed by atoms with Crippen molar-refractivity contribution in [2.75, 3.05) is 5.32 Å². The number of thiazole rings is 1. The predicted octanol–water partition coefficient (Wildman–Crippen LogP) is 2.90. The molecular formula is C14H14N4OS. The molecule has 0 radical (unpaired) electrons. The first kappa shape index (κ1) is 12.8. The van der Waals surface area contributed by atoms with Crippen LogP contribution in [0, 0.1) is 13.8 Å². The third kappa shape index (κ3) is 2.30. The number of benzene rings is 1. The van der Waals surface area contributed by atoms with Crippen LogP contribution in [-0.4, -0.2) is 20.7 Å². The molecule has 3 aromatic rings. The summed E-state index contributed by atoms with van der Waals surface area (Å²) in [5.74, 6) is -0.208. The second-order valence-electron chi connectivity index (χ2n) is 4.66. The summed E-state index contributed by atoms with van der Waals surface area (Å²) in [4.78, 5) is 16.5. The molecule has 102 valence electrons. The summed E-state index contributed by atoms with van der Waals surface area (Å²) in [5, 5.41) is 8.03. The number of carbonyl (C=O) groups excluding carboxylic acids is 1. The number of amides is 1. The Hall–Kier alpha value is -2.21. The van der Waals surface area contributed by atoms with Gasteiger partial charge in [0.25, 0.3) is 5.91 Å². The van der Waals surface area contributed by atoms with Crippen LogP contribution in [0.5, 0.6) is 0 Å². The van der Waals surface area contributed by atoms with Crippen LogP contribution in [-0.2, 0) is 7.05 Å². The summed E-state index contributed by atoms with van der Waals surface area (Å²) < 4.78 is 2.80. The fraction of sp³-hybridized carbons (Fsp3) is 0.214. The monoisotopic (exact) mass is 286 g/mol. The molecule has 1 N–H and O–H groups in total. The van der Waals surface area contributed by atoms with Crippen LogP contribution in [0.2, 0.25) is 0 Å². The largest absolute Gasteiger partial charge is 0.321 e.